The van der Waals surface area contributed by atoms with Crippen molar-refractivity contribution in [2.75, 3.05) is 14.2 Å². The van der Waals surface area contributed by atoms with Crippen LogP contribution in [0.25, 0.3) is 0 Å². The van der Waals surface area contributed by atoms with Gasteiger partial charge in [-0.15, -0.1) is 0 Å². The third-order valence-electron chi connectivity index (χ3n) is 2.41. The second-order valence-corrected chi connectivity index (χ2v) is 3.77. The molecule has 1 unspecified atom stereocenters. The Labute approximate surface area is 106 Å². The number of amides is 1. The quantitative estimate of drug-likeness (QED) is 0.460. The molecule has 1 aromatic carbocycles. The van der Waals surface area contributed by atoms with Gasteiger partial charge in [0.05, 0.1) is 14.2 Å². The normalized spacial score (nSPS) is 11.6. The van der Waals surface area contributed by atoms with Gasteiger partial charge in [0.1, 0.15) is 0 Å². The van der Waals surface area contributed by atoms with Crippen molar-refractivity contribution in [3.63, 3.8) is 0 Å². The van der Waals surface area contributed by atoms with Crippen LogP contribution in [0.3, 0.4) is 0 Å². The summed E-state index contributed by atoms with van der Waals surface area (Å²) in [6.07, 6.45) is -0.750. The highest BCUT2D eigenvalue weighted by atomic mass is 16.5. The van der Waals surface area contributed by atoms with Crippen LogP contribution >= 0.6 is 0 Å². The molecule has 0 aliphatic carbocycles. The maximum atomic E-state index is 11.3. The van der Waals surface area contributed by atoms with Crippen LogP contribution in [-0.2, 0) is 4.79 Å². The summed E-state index contributed by atoms with van der Waals surface area (Å²) in [6, 6.07) is 3.59. The first-order valence-electron chi connectivity index (χ1n) is 5.43. The van der Waals surface area contributed by atoms with E-state index in [1.807, 2.05) is 12.3 Å². The zero-order valence-electron chi connectivity index (χ0n) is 10.9. The number of carbonyl (C=O) groups is 1. The van der Waals surface area contributed by atoms with Crippen LogP contribution in [0.1, 0.15) is 12.5 Å². The molecule has 0 radical (unpaired) electrons. The van der Waals surface area contributed by atoms with E-state index in [-0.39, 0.29) is 0 Å². The highest BCUT2D eigenvalue weighted by Crippen LogP contribution is 2.38. The van der Waals surface area contributed by atoms with Crippen LogP contribution in [0.4, 0.5) is 0 Å². The van der Waals surface area contributed by atoms with Crippen molar-refractivity contribution in [3.8, 4) is 17.2 Å². The fourth-order valence-electron chi connectivity index (χ4n) is 1.47. The van der Waals surface area contributed by atoms with E-state index in [0.29, 0.717) is 17.2 Å². The van der Waals surface area contributed by atoms with E-state index in [4.69, 9.17) is 20.1 Å². The summed E-state index contributed by atoms with van der Waals surface area (Å²) in [5.41, 5.74) is 2.99. The fourth-order valence-corrected chi connectivity index (χ4v) is 1.47. The van der Waals surface area contributed by atoms with Gasteiger partial charge in [0.15, 0.2) is 17.6 Å². The lowest BCUT2D eigenvalue weighted by molar-refractivity contribution is -0.127. The Morgan fingerprint density at radius 1 is 1.28 bits per heavy atom. The van der Waals surface area contributed by atoms with Gasteiger partial charge in [-0.25, -0.2) is 5.84 Å². The summed E-state index contributed by atoms with van der Waals surface area (Å²) in [7, 11) is 3.05. The summed E-state index contributed by atoms with van der Waals surface area (Å²) < 4.78 is 16.0. The number of carbonyl (C=O) groups excluding carboxylic acids is 1. The third-order valence-corrected chi connectivity index (χ3v) is 2.41. The number of hydrazine groups is 1. The Kier molecular flexibility index (Phi) is 4.79. The minimum Gasteiger partial charge on any atom is -0.493 e. The van der Waals surface area contributed by atoms with Crippen LogP contribution in [0.15, 0.2) is 12.1 Å². The fraction of sp³-hybridized carbons (Fsp3) is 0.417. The van der Waals surface area contributed by atoms with Gasteiger partial charge < -0.3 is 14.2 Å². The van der Waals surface area contributed by atoms with E-state index < -0.39 is 12.0 Å². The van der Waals surface area contributed by atoms with Crippen molar-refractivity contribution in [2.45, 2.75) is 20.0 Å². The van der Waals surface area contributed by atoms with E-state index in [1.165, 1.54) is 14.2 Å². The van der Waals surface area contributed by atoms with Crippen molar-refractivity contribution < 1.29 is 19.0 Å². The van der Waals surface area contributed by atoms with Crippen molar-refractivity contribution in [1.82, 2.24) is 5.43 Å². The molecular formula is C12H18N2O4. The van der Waals surface area contributed by atoms with Crippen LogP contribution < -0.4 is 25.5 Å². The Bertz CT molecular complexity index is 409. The van der Waals surface area contributed by atoms with Gasteiger partial charge in [0, 0.05) is 0 Å². The number of nitrogens with two attached hydrogens (primary N) is 1. The topological polar surface area (TPSA) is 82.8 Å². The molecule has 100 valence electrons. The van der Waals surface area contributed by atoms with Gasteiger partial charge in [-0.2, -0.15) is 0 Å². The molecule has 0 fully saturated rings. The second-order valence-electron chi connectivity index (χ2n) is 3.77. The molecule has 0 saturated carbocycles. The molecule has 6 nitrogen and oxygen atoms in total. The Balaban J connectivity index is 3.09. The molecular weight excluding hydrogens is 236 g/mol. The molecule has 1 rings (SSSR count). The van der Waals surface area contributed by atoms with Crippen molar-refractivity contribution in [2.24, 2.45) is 5.84 Å². The average Bonchev–Trinajstić information content (AvgIpc) is 2.38. The predicted octanol–water partition coefficient (Wildman–Crippen LogP) is 0.769. The molecule has 0 aliphatic heterocycles. The van der Waals surface area contributed by atoms with E-state index in [9.17, 15) is 4.79 Å². The van der Waals surface area contributed by atoms with Crippen molar-refractivity contribution >= 4 is 5.91 Å². The Hall–Kier alpha value is -1.95. The molecule has 0 saturated heterocycles. The predicted molar refractivity (Wildman–Crippen MR) is 66.7 cm³/mol. The van der Waals surface area contributed by atoms with Gasteiger partial charge in [-0.1, -0.05) is 0 Å². The third kappa shape index (κ3) is 3.04. The first kappa shape index (κ1) is 14.1. The molecule has 6 heteroatoms. The van der Waals surface area contributed by atoms with Gasteiger partial charge in [-0.05, 0) is 31.5 Å². The van der Waals surface area contributed by atoms with Crippen LogP contribution in [0, 0.1) is 6.92 Å². The molecule has 0 aromatic heterocycles. The summed E-state index contributed by atoms with van der Waals surface area (Å²) in [4.78, 5) is 11.3. The number of ether oxygens (including phenoxy) is 3. The Morgan fingerprint density at radius 3 is 2.17 bits per heavy atom. The second kappa shape index (κ2) is 6.11. The highest BCUT2D eigenvalue weighted by molar-refractivity contribution is 5.80. The summed E-state index contributed by atoms with van der Waals surface area (Å²) >= 11 is 0. The first-order valence-corrected chi connectivity index (χ1v) is 5.43. The van der Waals surface area contributed by atoms with E-state index in [1.54, 1.807) is 19.1 Å². The number of hydrogen-bond donors (Lipinski definition) is 2. The minimum atomic E-state index is -0.750. The molecule has 1 amide bonds. The lowest BCUT2D eigenvalue weighted by Gasteiger charge is -2.18. The van der Waals surface area contributed by atoms with Gasteiger partial charge in [0.25, 0.3) is 5.91 Å². The SMILES string of the molecule is COc1cc(C)cc(OC)c1OC(C)C(=O)NN. The largest absolute Gasteiger partial charge is 0.493 e. The first-order chi connectivity index (χ1) is 8.53. The maximum absolute atomic E-state index is 11.3. The number of rotatable bonds is 5. The number of nitrogens with one attached hydrogen (secondary N) is 1. The molecule has 0 bridgehead atoms. The number of aryl methyl sites for hydroxylation is 1. The van der Waals surface area contributed by atoms with Crippen molar-refractivity contribution in [3.05, 3.63) is 17.7 Å². The molecule has 0 spiro atoms. The lowest BCUT2D eigenvalue weighted by Crippen LogP contribution is -2.40. The van der Waals surface area contributed by atoms with Gasteiger partial charge in [-0.3, -0.25) is 10.2 Å². The summed E-state index contributed by atoms with van der Waals surface area (Å²) in [6.45, 7) is 3.49. The van der Waals surface area contributed by atoms with Crippen LogP contribution in [0.5, 0.6) is 17.2 Å². The van der Waals surface area contributed by atoms with E-state index >= 15 is 0 Å². The molecule has 3 N–H and O–H groups in total. The smallest absolute Gasteiger partial charge is 0.274 e. The molecule has 18 heavy (non-hydrogen) atoms. The van der Waals surface area contributed by atoms with E-state index in [0.717, 1.165) is 5.56 Å². The highest BCUT2D eigenvalue weighted by Gasteiger charge is 2.19. The molecule has 0 heterocycles. The van der Waals surface area contributed by atoms with Gasteiger partial charge in [0.2, 0.25) is 5.75 Å². The van der Waals surface area contributed by atoms with Crippen LogP contribution in [0.2, 0.25) is 0 Å². The summed E-state index contributed by atoms with van der Waals surface area (Å²) in [5.74, 6) is 6.00. The Morgan fingerprint density at radius 2 is 1.78 bits per heavy atom. The lowest BCUT2D eigenvalue weighted by atomic mass is 10.2. The van der Waals surface area contributed by atoms with Gasteiger partial charge >= 0.3 is 0 Å². The zero-order chi connectivity index (χ0) is 13.7. The molecule has 1 aromatic rings. The number of benzene rings is 1. The minimum absolute atomic E-state index is 0.377. The molecule has 1 atom stereocenters. The summed E-state index contributed by atoms with van der Waals surface area (Å²) in [5, 5.41) is 0. The average molecular weight is 254 g/mol. The molecule has 0 aliphatic rings. The maximum Gasteiger partial charge on any atom is 0.274 e. The standard InChI is InChI=1S/C12H18N2O4/c1-7-5-9(16-3)11(10(6-7)17-4)18-8(2)12(15)14-13/h5-6,8H,13H2,1-4H3,(H,14,15). The zero-order valence-corrected chi connectivity index (χ0v) is 10.9. The number of methoxy groups -OCH3 is 2. The van der Waals surface area contributed by atoms with E-state index in [2.05, 4.69) is 0 Å². The number of hydrogen-bond acceptors (Lipinski definition) is 5. The van der Waals surface area contributed by atoms with Crippen molar-refractivity contribution in [1.29, 1.82) is 0 Å². The monoisotopic (exact) mass is 254 g/mol. The van der Waals surface area contributed by atoms with Crippen LogP contribution in [-0.4, -0.2) is 26.2 Å².